The van der Waals surface area contributed by atoms with E-state index in [-0.39, 0.29) is 25.0 Å². The first-order valence-electron chi connectivity index (χ1n) is 4.88. The molecule has 0 aliphatic carbocycles. The molecule has 2 unspecified atom stereocenters. The van der Waals surface area contributed by atoms with Crippen molar-refractivity contribution in [3.63, 3.8) is 0 Å². The van der Waals surface area contributed by atoms with Crippen molar-refractivity contribution in [1.82, 2.24) is 5.32 Å². The normalized spacial score (nSPS) is 22.3. The standard InChI is InChI=1S/C9H15NO5/c11-7(9(13)14)5-10-8(12)4-6-2-1-3-15-6/h6-7,11H,1-5H2,(H,10,12)(H,13,14). The van der Waals surface area contributed by atoms with E-state index in [0.29, 0.717) is 6.61 Å². The first kappa shape index (κ1) is 11.9. The molecule has 3 N–H and O–H groups in total. The van der Waals surface area contributed by atoms with Gasteiger partial charge in [0.1, 0.15) is 0 Å². The van der Waals surface area contributed by atoms with Crippen LogP contribution < -0.4 is 5.32 Å². The van der Waals surface area contributed by atoms with Gasteiger partial charge in [-0.05, 0) is 12.8 Å². The molecule has 1 aliphatic rings. The Labute approximate surface area is 87.2 Å². The van der Waals surface area contributed by atoms with Crippen LogP contribution in [-0.2, 0) is 14.3 Å². The molecule has 1 heterocycles. The minimum Gasteiger partial charge on any atom is -0.479 e. The molecule has 1 aliphatic heterocycles. The fraction of sp³-hybridized carbons (Fsp3) is 0.778. The Morgan fingerprint density at radius 1 is 1.53 bits per heavy atom. The van der Waals surface area contributed by atoms with Gasteiger partial charge in [-0.15, -0.1) is 0 Å². The number of rotatable bonds is 5. The maximum atomic E-state index is 11.2. The molecule has 0 aromatic heterocycles. The van der Waals surface area contributed by atoms with Crippen LogP contribution in [0.25, 0.3) is 0 Å². The van der Waals surface area contributed by atoms with E-state index in [1.165, 1.54) is 0 Å². The summed E-state index contributed by atoms with van der Waals surface area (Å²) < 4.78 is 5.24. The van der Waals surface area contributed by atoms with Crippen molar-refractivity contribution >= 4 is 11.9 Å². The summed E-state index contributed by atoms with van der Waals surface area (Å²) in [6.07, 6.45) is 0.433. The van der Waals surface area contributed by atoms with Gasteiger partial charge < -0.3 is 20.3 Å². The van der Waals surface area contributed by atoms with E-state index in [1.54, 1.807) is 0 Å². The van der Waals surface area contributed by atoms with Crippen LogP contribution in [0.15, 0.2) is 0 Å². The number of carboxylic acid groups (broad SMARTS) is 1. The van der Waals surface area contributed by atoms with Crippen LogP contribution in [0.4, 0.5) is 0 Å². The number of aliphatic hydroxyl groups is 1. The maximum absolute atomic E-state index is 11.2. The average Bonchev–Trinajstić information content (AvgIpc) is 2.66. The zero-order chi connectivity index (χ0) is 11.3. The highest BCUT2D eigenvalue weighted by molar-refractivity contribution is 5.78. The van der Waals surface area contributed by atoms with Gasteiger partial charge in [-0.25, -0.2) is 4.79 Å². The number of aliphatic carboxylic acids is 1. The van der Waals surface area contributed by atoms with E-state index in [0.717, 1.165) is 12.8 Å². The SMILES string of the molecule is O=C(CC1CCCO1)NCC(O)C(=O)O. The van der Waals surface area contributed by atoms with Crippen LogP contribution in [-0.4, -0.2) is 47.4 Å². The molecule has 6 nitrogen and oxygen atoms in total. The van der Waals surface area contributed by atoms with Crippen LogP contribution in [0.1, 0.15) is 19.3 Å². The van der Waals surface area contributed by atoms with E-state index in [9.17, 15) is 9.59 Å². The molecule has 0 spiro atoms. The van der Waals surface area contributed by atoms with E-state index in [1.807, 2.05) is 0 Å². The second-order valence-corrected chi connectivity index (χ2v) is 3.50. The summed E-state index contributed by atoms with van der Waals surface area (Å²) in [5.41, 5.74) is 0. The minimum absolute atomic E-state index is 0.0630. The molecule has 1 amide bonds. The van der Waals surface area contributed by atoms with Crippen molar-refractivity contribution in [2.75, 3.05) is 13.2 Å². The van der Waals surface area contributed by atoms with Crippen molar-refractivity contribution < 1.29 is 24.5 Å². The third-order valence-electron chi connectivity index (χ3n) is 2.21. The molecule has 15 heavy (non-hydrogen) atoms. The monoisotopic (exact) mass is 217 g/mol. The summed E-state index contributed by atoms with van der Waals surface area (Å²) in [5, 5.41) is 19.6. The van der Waals surface area contributed by atoms with Crippen LogP contribution in [0.3, 0.4) is 0 Å². The number of nitrogens with one attached hydrogen (secondary N) is 1. The molecule has 0 bridgehead atoms. The lowest BCUT2D eigenvalue weighted by atomic mass is 10.2. The zero-order valence-corrected chi connectivity index (χ0v) is 8.31. The quantitative estimate of drug-likeness (QED) is 0.555. The van der Waals surface area contributed by atoms with Crippen LogP contribution >= 0.6 is 0 Å². The van der Waals surface area contributed by atoms with Crippen molar-refractivity contribution in [3.05, 3.63) is 0 Å². The number of amides is 1. The van der Waals surface area contributed by atoms with E-state index in [2.05, 4.69) is 5.32 Å². The van der Waals surface area contributed by atoms with Gasteiger partial charge in [0.2, 0.25) is 5.91 Å². The predicted molar refractivity (Wildman–Crippen MR) is 50.2 cm³/mol. The number of carbonyl (C=O) groups is 2. The number of hydrogen-bond donors (Lipinski definition) is 3. The second kappa shape index (κ2) is 5.67. The number of aliphatic hydroxyl groups excluding tert-OH is 1. The third kappa shape index (κ3) is 4.26. The molecule has 1 fully saturated rings. The van der Waals surface area contributed by atoms with Crippen molar-refractivity contribution in [3.8, 4) is 0 Å². The summed E-state index contributed by atoms with van der Waals surface area (Å²) >= 11 is 0. The summed E-state index contributed by atoms with van der Waals surface area (Å²) in [4.78, 5) is 21.5. The molecule has 0 saturated carbocycles. The molecule has 0 aromatic carbocycles. The number of ether oxygens (including phenoxy) is 1. The van der Waals surface area contributed by atoms with Gasteiger partial charge in [-0.3, -0.25) is 4.79 Å². The Morgan fingerprint density at radius 2 is 2.27 bits per heavy atom. The Balaban J connectivity index is 2.15. The van der Waals surface area contributed by atoms with Gasteiger partial charge in [0.15, 0.2) is 6.10 Å². The second-order valence-electron chi connectivity index (χ2n) is 3.50. The van der Waals surface area contributed by atoms with Crippen LogP contribution in [0.5, 0.6) is 0 Å². The lowest BCUT2D eigenvalue weighted by Crippen LogP contribution is -2.37. The fourth-order valence-corrected chi connectivity index (χ4v) is 1.38. The molecular weight excluding hydrogens is 202 g/mol. The van der Waals surface area contributed by atoms with E-state index < -0.39 is 12.1 Å². The van der Waals surface area contributed by atoms with Crippen LogP contribution in [0.2, 0.25) is 0 Å². The van der Waals surface area contributed by atoms with E-state index in [4.69, 9.17) is 14.9 Å². The number of hydrogen-bond acceptors (Lipinski definition) is 4. The number of carbonyl (C=O) groups excluding carboxylic acids is 1. The predicted octanol–water partition coefficient (Wildman–Crippen LogP) is -0.883. The van der Waals surface area contributed by atoms with Gasteiger partial charge in [-0.1, -0.05) is 0 Å². The van der Waals surface area contributed by atoms with Crippen molar-refractivity contribution in [2.45, 2.75) is 31.5 Å². The van der Waals surface area contributed by atoms with Crippen LogP contribution in [0, 0.1) is 0 Å². The Morgan fingerprint density at radius 3 is 2.80 bits per heavy atom. The highest BCUT2D eigenvalue weighted by Gasteiger charge is 2.20. The first-order chi connectivity index (χ1) is 7.09. The Bertz CT molecular complexity index is 237. The minimum atomic E-state index is -1.54. The molecule has 0 aromatic rings. The molecular formula is C9H15NO5. The summed E-state index contributed by atoms with van der Waals surface area (Å²) in [7, 11) is 0. The highest BCUT2D eigenvalue weighted by atomic mass is 16.5. The molecule has 2 atom stereocenters. The molecule has 86 valence electrons. The van der Waals surface area contributed by atoms with Gasteiger partial charge in [0.25, 0.3) is 0 Å². The average molecular weight is 217 g/mol. The van der Waals surface area contributed by atoms with E-state index >= 15 is 0 Å². The topological polar surface area (TPSA) is 95.9 Å². The van der Waals surface area contributed by atoms with Crippen molar-refractivity contribution in [1.29, 1.82) is 0 Å². The third-order valence-corrected chi connectivity index (χ3v) is 2.21. The van der Waals surface area contributed by atoms with Gasteiger partial charge in [0.05, 0.1) is 19.1 Å². The largest absolute Gasteiger partial charge is 0.479 e. The van der Waals surface area contributed by atoms with Gasteiger partial charge in [-0.2, -0.15) is 0 Å². The fourth-order valence-electron chi connectivity index (χ4n) is 1.38. The Kier molecular flexibility index (Phi) is 4.51. The first-order valence-corrected chi connectivity index (χ1v) is 4.88. The molecule has 1 saturated heterocycles. The lowest BCUT2D eigenvalue weighted by molar-refractivity contribution is -0.146. The maximum Gasteiger partial charge on any atom is 0.334 e. The van der Waals surface area contributed by atoms with Gasteiger partial charge in [0, 0.05) is 6.61 Å². The summed E-state index contributed by atoms with van der Waals surface area (Å²) in [6, 6.07) is 0. The Hall–Kier alpha value is -1.14. The smallest absolute Gasteiger partial charge is 0.334 e. The molecule has 6 heteroatoms. The molecule has 0 radical (unpaired) electrons. The lowest BCUT2D eigenvalue weighted by Gasteiger charge is -2.10. The van der Waals surface area contributed by atoms with Gasteiger partial charge >= 0.3 is 5.97 Å². The molecule has 1 rings (SSSR count). The number of carboxylic acids is 1. The summed E-state index contributed by atoms with van der Waals surface area (Å²) in [5.74, 6) is -1.63. The summed E-state index contributed by atoms with van der Waals surface area (Å²) in [6.45, 7) is 0.413. The zero-order valence-electron chi connectivity index (χ0n) is 8.31. The highest BCUT2D eigenvalue weighted by Crippen LogP contribution is 2.14. The van der Waals surface area contributed by atoms with Crippen molar-refractivity contribution in [2.24, 2.45) is 0 Å².